The SMILES string of the molecule is CCOc1cc(C=C(C#N)c2ccccc2Cl)cc(Br)c1OCC(=O)Nc1ccc(F)cc1. The highest BCUT2D eigenvalue weighted by atomic mass is 79.9. The van der Waals surface area contributed by atoms with Crippen LogP contribution in [0.2, 0.25) is 5.02 Å². The number of halogens is 3. The summed E-state index contributed by atoms with van der Waals surface area (Å²) in [6.45, 7) is 1.91. The zero-order valence-electron chi connectivity index (χ0n) is 17.6. The standard InChI is InChI=1S/C25H19BrClFN2O3/c1-2-32-23-13-16(11-17(14-29)20-5-3-4-6-22(20)27)12-21(26)25(23)33-15-24(31)30-19-9-7-18(28)8-10-19/h3-13H,2,15H2,1H3,(H,30,31). The Morgan fingerprint density at radius 1 is 1.18 bits per heavy atom. The summed E-state index contributed by atoms with van der Waals surface area (Å²) in [6, 6.07) is 18.2. The third-order valence-electron chi connectivity index (χ3n) is 4.40. The molecule has 3 aromatic rings. The number of nitrogens with zero attached hydrogens (tertiary/aromatic N) is 1. The van der Waals surface area contributed by atoms with Gasteiger partial charge >= 0.3 is 0 Å². The first kappa shape index (κ1) is 24.3. The Hall–Kier alpha value is -3.34. The second kappa shape index (κ2) is 11.5. The highest BCUT2D eigenvalue weighted by molar-refractivity contribution is 9.10. The van der Waals surface area contributed by atoms with Crippen LogP contribution in [-0.2, 0) is 4.79 Å². The van der Waals surface area contributed by atoms with E-state index in [4.69, 9.17) is 21.1 Å². The minimum atomic E-state index is -0.412. The third-order valence-corrected chi connectivity index (χ3v) is 5.32. The van der Waals surface area contributed by atoms with Crippen LogP contribution in [0.1, 0.15) is 18.1 Å². The molecule has 3 aromatic carbocycles. The average Bonchev–Trinajstić information content (AvgIpc) is 2.79. The van der Waals surface area contributed by atoms with Gasteiger partial charge in [0.25, 0.3) is 5.91 Å². The molecule has 0 spiro atoms. The van der Waals surface area contributed by atoms with Gasteiger partial charge in [0.1, 0.15) is 5.82 Å². The molecule has 5 nitrogen and oxygen atoms in total. The lowest BCUT2D eigenvalue weighted by Gasteiger charge is -2.15. The molecule has 8 heteroatoms. The van der Waals surface area contributed by atoms with E-state index >= 15 is 0 Å². The van der Waals surface area contributed by atoms with Crippen molar-refractivity contribution in [2.24, 2.45) is 0 Å². The summed E-state index contributed by atoms with van der Waals surface area (Å²) < 4.78 is 25.0. The van der Waals surface area contributed by atoms with Crippen molar-refractivity contribution in [3.05, 3.63) is 87.1 Å². The molecule has 33 heavy (non-hydrogen) atoms. The summed E-state index contributed by atoms with van der Waals surface area (Å²) in [4.78, 5) is 12.2. The summed E-state index contributed by atoms with van der Waals surface area (Å²) in [6.07, 6.45) is 1.69. The molecule has 0 radical (unpaired) electrons. The van der Waals surface area contributed by atoms with E-state index < -0.39 is 11.7 Å². The Kier molecular flexibility index (Phi) is 8.47. The zero-order chi connectivity index (χ0) is 23.8. The number of hydrogen-bond donors (Lipinski definition) is 1. The van der Waals surface area contributed by atoms with Crippen molar-refractivity contribution in [3.8, 4) is 17.6 Å². The fraction of sp³-hybridized carbons (Fsp3) is 0.120. The number of carbonyl (C=O) groups excluding carboxylic acids is 1. The van der Waals surface area contributed by atoms with E-state index in [1.54, 1.807) is 36.4 Å². The van der Waals surface area contributed by atoms with Crippen LogP contribution in [0.15, 0.2) is 65.1 Å². The molecule has 0 fully saturated rings. The smallest absolute Gasteiger partial charge is 0.262 e. The number of hydrogen-bond acceptors (Lipinski definition) is 4. The zero-order valence-corrected chi connectivity index (χ0v) is 19.9. The number of nitrogens with one attached hydrogen (secondary N) is 1. The lowest BCUT2D eigenvalue weighted by atomic mass is 10.0. The molecule has 1 N–H and O–H groups in total. The van der Waals surface area contributed by atoms with Gasteiger partial charge in [0.05, 0.1) is 22.7 Å². The van der Waals surface area contributed by atoms with Crippen molar-refractivity contribution in [1.82, 2.24) is 0 Å². The van der Waals surface area contributed by atoms with E-state index in [0.717, 1.165) is 0 Å². The van der Waals surface area contributed by atoms with Gasteiger partial charge in [-0.1, -0.05) is 29.8 Å². The Morgan fingerprint density at radius 2 is 1.91 bits per heavy atom. The van der Waals surface area contributed by atoms with Crippen molar-refractivity contribution in [2.75, 3.05) is 18.5 Å². The normalized spacial score (nSPS) is 10.9. The molecule has 0 aliphatic rings. The van der Waals surface area contributed by atoms with Crippen LogP contribution in [-0.4, -0.2) is 19.1 Å². The van der Waals surface area contributed by atoms with Gasteiger partial charge in [-0.15, -0.1) is 0 Å². The Labute approximate surface area is 204 Å². The van der Waals surface area contributed by atoms with Crippen LogP contribution in [0.3, 0.4) is 0 Å². The van der Waals surface area contributed by atoms with Crippen LogP contribution in [0.5, 0.6) is 11.5 Å². The van der Waals surface area contributed by atoms with Crippen molar-refractivity contribution < 1.29 is 18.7 Å². The van der Waals surface area contributed by atoms with E-state index in [9.17, 15) is 14.4 Å². The monoisotopic (exact) mass is 528 g/mol. The molecule has 0 aliphatic carbocycles. The van der Waals surface area contributed by atoms with Gasteiger partial charge in [-0.2, -0.15) is 5.26 Å². The van der Waals surface area contributed by atoms with Gasteiger partial charge in [-0.25, -0.2) is 4.39 Å². The van der Waals surface area contributed by atoms with Crippen molar-refractivity contribution in [3.63, 3.8) is 0 Å². The number of benzene rings is 3. The Balaban J connectivity index is 1.82. The van der Waals surface area contributed by atoms with Gasteiger partial charge < -0.3 is 14.8 Å². The third kappa shape index (κ3) is 6.58. The first-order valence-electron chi connectivity index (χ1n) is 9.92. The van der Waals surface area contributed by atoms with Gasteiger partial charge in [-0.3, -0.25) is 4.79 Å². The van der Waals surface area contributed by atoms with Crippen LogP contribution in [0, 0.1) is 17.1 Å². The highest BCUT2D eigenvalue weighted by Gasteiger charge is 2.15. The lowest BCUT2D eigenvalue weighted by molar-refractivity contribution is -0.118. The molecule has 3 rings (SSSR count). The van der Waals surface area contributed by atoms with E-state index in [2.05, 4.69) is 27.3 Å². The molecule has 0 heterocycles. The van der Waals surface area contributed by atoms with E-state index in [0.29, 0.717) is 50.0 Å². The van der Waals surface area contributed by atoms with Crippen molar-refractivity contribution >= 4 is 50.8 Å². The largest absolute Gasteiger partial charge is 0.490 e. The van der Waals surface area contributed by atoms with E-state index in [1.807, 2.05) is 13.0 Å². The molecular weight excluding hydrogens is 511 g/mol. The maximum Gasteiger partial charge on any atom is 0.262 e. The number of nitriles is 1. The molecule has 0 saturated heterocycles. The van der Waals surface area contributed by atoms with Crippen molar-refractivity contribution in [1.29, 1.82) is 5.26 Å². The second-order valence-electron chi connectivity index (χ2n) is 6.76. The van der Waals surface area contributed by atoms with E-state index in [-0.39, 0.29) is 6.61 Å². The fourth-order valence-corrected chi connectivity index (χ4v) is 3.77. The Morgan fingerprint density at radius 3 is 2.58 bits per heavy atom. The van der Waals surface area contributed by atoms with Crippen LogP contribution >= 0.6 is 27.5 Å². The van der Waals surface area contributed by atoms with Gasteiger partial charge in [0, 0.05) is 16.3 Å². The Bertz CT molecular complexity index is 1220. The number of allylic oxidation sites excluding steroid dienone is 1. The molecule has 0 saturated carbocycles. The fourth-order valence-electron chi connectivity index (χ4n) is 2.96. The molecule has 0 aliphatic heterocycles. The minimum absolute atomic E-state index is 0.283. The number of rotatable bonds is 8. The van der Waals surface area contributed by atoms with Crippen molar-refractivity contribution in [2.45, 2.75) is 6.92 Å². The first-order chi connectivity index (χ1) is 15.9. The first-order valence-corrected chi connectivity index (χ1v) is 11.1. The summed E-state index contributed by atoms with van der Waals surface area (Å²) in [5.74, 6) is -0.0492. The maximum absolute atomic E-state index is 13.0. The predicted octanol–water partition coefficient (Wildman–Crippen LogP) is 6.72. The summed E-state index contributed by atoms with van der Waals surface area (Å²) in [5, 5.41) is 12.7. The van der Waals surface area contributed by atoms with E-state index in [1.165, 1.54) is 24.3 Å². The summed E-state index contributed by atoms with van der Waals surface area (Å²) in [7, 11) is 0. The molecule has 1 amide bonds. The lowest BCUT2D eigenvalue weighted by Crippen LogP contribution is -2.20. The highest BCUT2D eigenvalue weighted by Crippen LogP contribution is 2.38. The van der Waals surface area contributed by atoms with Gasteiger partial charge in [0.2, 0.25) is 0 Å². The quantitative estimate of drug-likeness (QED) is 0.260. The number of carbonyl (C=O) groups is 1. The number of amides is 1. The average molecular weight is 530 g/mol. The molecule has 0 bridgehead atoms. The maximum atomic E-state index is 13.0. The molecule has 0 unspecified atom stereocenters. The number of ether oxygens (including phenoxy) is 2. The predicted molar refractivity (Wildman–Crippen MR) is 131 cm³/mol. The summed E-state index contributed by atoms with van der Waals surface area (Å²) >= 11 is 9.69. The van der Waals surface area contributed by atoms with Crippen LogP contribution < -0.4 is 14.8 Å². The molecule has 168 valence electrons. The van der Waals surface area contributed by atoms with Gasteiger partial charge in [0.15, 0.2) is 18.1 Å². The minimum Gasteiger partial charge on any atom is -0.490 e. The van der Waals surface area contributed by atoms with Crippen LogP contribution in [0.25, 0.3) is 11.6 Å². The molecular formula is C25H19BrClFN2O3. The topological polar surface area (TPSA) is 71.3 Å². The summed E-state index contributed by atoms with van der Waals surface area (Å²) in [5.41, 5.74) is 2.15. The van der Waals surface area contributed by atoms with Crippen LogP contribution in [0.4, 0.5) is 10.1 Å². The number of anilines is 1. The molecule has 0 atom stereocenters. The molecule has 0 aromatic heterocycles. The second-order valence-corrected chi connectivity index (χ2v) is 8.02. The van der Waals surface area contributed by atoms with Gasteiger partial charge in [-0.05, 0) is 77.0 Å².